The van der Waals surface area contributed by atoms with Gasteiger partial charge >= 0.3 is 0 Å². The summed E-state index contributed by atoms with van der Waals surface area (Å²) in [5.74, 6) is 0.888. The van der Waals surface area contributed by atoms with E-state index in [2.05, 4.69) is 5.32 Å². The molecule has 4 rings (SSSR count). The number of para-hydroxylation sites is 2. The van der Waals surface area contributed by atoms with Crippen molar-refractivity contribution in [2.45, 2.75) is 6.42 Å². The largest absolute Gasteiger partial charge is 0.497 e. The van der Waals surface area contributed by atoms with Crippen LogP contribution in [0, 0.1) is 0 Å². The number of fused-ring (bicyclic) bond motifs is 1. The average molecular weight is 450 g/mol. The van der Waals surface area contributed by atoms with Gasteiger partial charge in [0.1, 0.15) is 5.75 Å². The fourth-order valence-corrected chi connectivity index (χ4v) is 4.06. The highest BCUT2D eigenvalue weighted by atomic mass is 35.5. The Kier molecular flexibility index (Phi) is 6.70. The molecule has 3 aromatic rings. The summed E-state index contributed by atoms with van der Waals surface area (Å²) in [6, 6.07) is 22.6. The van der Waals surface area contributed by atoms with Crippen LogP contribution in [-0.4, -0.2) is 29.5 Å². The Hall–Kier alpha value is -3.09. The third-order valence-electron chi connectivity index (χ3n) is 4.60. The number of nitrogens with zero attached hydrogens (tertiary/aromatic N) is 2. The Morgan fingerprint density at radius 1 is 1.03 bits per heavy atom. The predicted molar refractivity (Wildman–Crippen MR) is 130 cm³/mol. The fourth-order valence-electron chi connectivity index (χ4n) is 3.09. The normalized spacial score (nSPS) is 12.8. The molecule has 0 bridgehead atoms. The summed E-state index contributed by atoms with van der Waals surface area (Å²) in [6.45, 7) is 0. The van der Waals surface area contributed by atoms with Gasteiger partial charge in [-0.15, -0.1) is 11.8 Å². The molecule has 0 aromatic heterocycles. The van der Waals surface area contributed by atoms with Gasteiger partial charge in [0.15, 0.2) is 0 Å². The first kappa shape index (κ1) is 21.2. The Balaban J connectivity index is 1.50. The minimum Gasteiger partial charge on any atom is -0.497 e. The van der Waals surface area contributed by atoms with E-state index < -0.39 is 0 Å². The molecule has 0 aliphatic carbocycles. The van der Waals surface area contributed by atoms with Crippen molar-refractivity contribution < 1.29 is 9.53 Å². The molecule has 156 valence electrons. The second-order valence-corrected chi connectivity index (χ2v) is 8.29. The molecule has 1 aliphatic rings. The SMILES string of the molecule is COc1ccc(NC(=O)CSC2=Nc3ccccc3N=C(c3cccc(Cl)c3)C2)cc1. The van der Waals surface area contributed by atoms with Crippen molar-refractivity contribution >= 4 is 57.1 Å². The van der Waals surface area contributed by atoms with Crippen molar-refractivity contribution in [2.24, 2.45) is 9.98 Å². The molecule has 0 saturated heterocycles. The predicted octanol–water partition coefficient (Wildman–Crippen LogP) is 6.28. The van der Waals surface area contributed by atoms with E-state index in [4.69, 9.17) is 26.3 Å². The smallest absolute Gasteiger partial charge is 0.234 e. The number of hydrogen-bond acceptors (Lipinski definition) is 5. The zero-order valence-corrected chi connectivity index (χ0v) is 18.4. The maximum atomic E-state index is 12.5. The molecule has 0 spiro atoms. The van der Waals surface area contributed by atoms with Gasteiger partial charge in [-0.2, -0.15) is 0 Å². The highest BCUT2D eigenvalue weighted by molar-refractivity contribution is 8.14. The quantitative estimate of drug-likeness (QED) is 0.498. The highest BCUT2D eigenvalue weighted by Crippen LogP contribution is 2.33. The minimum atomic E-state index is -0.100. The number of aliphatic imine (C=N–C) groups is 2. The van der Waals surface area contributed by atoms with E-state index in [9.17, 15) is 4.79 Å². The monoisotopic (exact) mass is 449 g/mol. The molecule has 5 nitrogen and oxygen atoms in total. The second-order valence-electron chi connectivity index (χ2n) is 6.81. The van der Waals surface area contributed by atoms with Gasteiger partial charge in [-0.05, 0) is 54.1 Å². The van der Waals surface area contributed by atoms with Crippen molar-refractivity contribution in [1.29, 1.82) is 0 Å². The lowest BCUT2D eigenvalue weighted by molar-refractivity contribution is -0.113. The van der Waals surface area contributed by atoms with Crippen LogP contribution < -0.4 is 10.1 Å². The maximum absolute atomic E-state index is 12.5. The van der Waals surface area contributed by atoms with Gasteiger partial charge in [-0.3, -0.25) is 9.79 Å². The summed E-state index contributed by atoms with van der Waals surface area (Å²) in [5.41, 5.74) is 4.13. The number of thioether (sulfide) groups is 1. The third kappa shape index (κ3) is 5.54. The molecule has 7 heteroatoms. The highest BCUT2D eigenvalue weighted by Gasteiger charge is 2.17. The Morgan fingerprint density at radius 2 is 1.77 bits per heavy atom. The van der Waals surface area contributed by atoms with Gasteiger partial charge in [0.25, 0.3) is 0 Å². The molecule has 0 fully saturated rings. The maximum Gasteiger partial charge on any atom is 0.234 e. The number of benzene rings is 3. The molecule has 0 atom stereocenters. The van der Waals surface area contributed by atoms with Crippen molar-refractivity contribution in [3.05, 3.63) is 83.4 Å². The van der Waals surface area contributed by atoms with Crippen LogP contribution >= 0.6 is 23.4 Å². The molecule has 3 aromatic carbocycles. The van der Waals surface area contributed by atoms with Gasteiger partial charge in [-0.25, -0.2) is 4.99 Å². The topological polar surface area (TPSA) is 63.0 Å². The molecule has 0 saturated carbocycles. The van der Waals surface area contributed by atoms with Crippen LogP contribution in [0.2, 0.25) is 5.02 Å². The Labute approximate surface area is 190 Å². The van der Waals surface area contributed by atoms with Crippen molar-refractivity contribution in [1.82, 2.24) is 0 Å². The van der Waals surface area contributed by atoms with E-state index in [1.165, 1.54) is 11.8 Å². The first-order chi connectivity index (χ1) is 15.1. The number of halogens is 1. The number of anilines is 1. The van der Waals surface area contributed by atoms with Gasteiger partial charge < -0.3 is 10.1 Å². The van der Waals surface area contributed by atoms with Crippen LogP contribution in [0.3, 0.4) is 0 Å². The van der Waals surface area contributed by atoms with E-state index in [0.717, 1.165) is 39.1 Å². The van der Waals surface area contributed by atoms with Crippen LogP contribution in [-0.2, 0) is 4.79 Å². The molecule has 0 unspecified atom stereocenters. The summed E-state index contributed by atoms with van der Waals surface area (Å²) < 4.78 is 5.14. The second kappa shape index (κ2) is 9.81. The lowest BCUT2D eigenvalue weighted by atomic mass is 10.1. The number of carbonyl (C=O) groups excluding carboxylic acids is 1. The van der Waals surface area contributed by atoms with E-state index in [-0.39, 0.29) is 11.7 Å². The van der Waals surface area contributed by atoms with Crippen LogP contribution in [0.4, 0.5) is 17.1 Å². The van der Waals surface area contributed by atoms with Gasteiger partial charge in [0.2, 0.25) is 5.91 Å². The minimum absolute atomic E-state index is 0.100. The third-order valence-corrected chi connectivity index (χ3v) is 5.81. The van der Waals surface area contributed by atoms with Crippen LogP contribution in [0.1, 0.15) is 12.0 Å². The van der Waals surface area contributed by atoms with Gasteiger partial charge in [0.05, 0.1) is 35.0 Å². The van der Waals surface area contributed by atoms with Crippen molar-refractivity contribution in [2.75, 3.05) is 18.2 Å². The van der Waals surface area contributed by atoms with Gasteiger partial charge in [-0.1, -0.05) is 35.9 Å². The summed E-state index contributed by atoms with van der Waals surface area (Å²) in [5, 5.41) is 4.38. The zero-order valence-electron chi connectivity index (χ0n) is 16.8. The molecule has 1 N–H and O–H groups in total. The summed E-state index contributed by atoms with van der Waals surface area (Å²) in [4.78, 5) is 22.1. The lowest BCUT2D eigenvalue weighted by Gasteiger charge is -2.09. The Bertz CT molecular complexity index is 1160. The number of carbonyl (C=O) groups is 1. The van der Waals surface area contributed by atoms with Crippen LogP contribution in [0.15, 0.2) is 82.8 Å². The molecule has 31 heavy (non-hydrogen) atoms. The standard InChI is InChI=1S/C24H20ClN3O2S/c1-30-19-11-9-18(10-12-19)26-23(29)15-31-24-14-22(16-5-4-6-17(25)13-16)27-20-7-2-3-8-21(20)28-24/h2-13H,14-15H2,1H3,(H,26,29). The number of methoxy groups -OCH3 is 1. The average Bonchev–Trinajstić information content (AvgIpc) is 2.97. The Morgan fingerprint density at radius 3 is 2.48 bits per heavy atom. The van der Waals surface area contributed by atoms with E-state index in [1.807, 2.05) is 72.8 Å². The molecule has 1 amide bonds. The van der Waals surface area contributed by atoms with E-state index >= 15 is 0 Å². The number of nitrogens with one attached hydrogen (secondary N) is 1. The number of rotatable bonds is 5. The summed E-state index contributed by atoms with van der Waals surface area (Å²) >= 11 is 7.60. The fraction of sp³-hybridized carbons (Fsp3) is 0.125. The van der Waals surface area contributed by atoms with Gasteiger partial charge in [0, 0.05) is 17.1 Å². The zero-order chi connectivity index (χ0) is 21.6. The number of ether oxygens (including phenoxy) is 1. The van der Waals surface area contributed by atoms with Crippen LogP contribution in [0.25, 0.3) is 0 Å². The number of hydrogen-bond donors (Lipinski definition) is 1. The summed E-state index contributed by atoms with van der Waals surface area (Å²) in [7, 11) is 1.61. The first-order valence-electron chi connectivity index (χ1n) is 9.67. The van der Waals surface area contributed by atoms with E-state index in [1.54, 1.807) is 7.11 Å². The first-order valence-corrected chi connectivity index (χ1v) is 11.0. The molecule has 1 aliphatic heterocycles. The van der Waals surface area contributed by atoms with Crippen molar-refractivity contribution in [3.8, 4) is 5.75 Å². The molecular weight excluding hydrogens is 430 g/mol. The lowest BCUT2D eigenvalue weighted by Crippen LogP contribution is -2.16. The summed E-state index contributed by atoms with van der Waals surface area (Å²) in [6.07, 6.45) is 0.523. The van der Waals surface area contributed by atoms with E-state index in [0.29, 0.717) is 11.4 Å². The molecule has 1 heterocycles. The van der Waals surface area contributed by atoms with Crippen LogP contribution in [0.5, 0.6) is 5.75 Å². The molecular formula is C24H20ClN3O2S. The van der Waals surface area contributed by atoms with Crippen molar-refractivity contribution in [3.63, 3.8) is 0 Å². The molecule has 0 radical (unpaired) electrons. The number of amides is 1.